The topological polar surface area (TPSA) is 85.7 Å². The molecule has 112 valence electrons. The molecule has 0 N–H and O–H groups in total. The van der Waals surface area contributed by atoms with Crippen LogP contribution in [0.5, 0.6) is 0 Å². The largest absolute Gasteiger partial charge is 0.360 e. The summed E-state index contributed by atoms with van der Waals surface area (Å²) in [5, 5.41) is 13.2. The van der Waals surface area contributed by atoms with Crippen molar-refractivity contribution in [2.45, 2.75) is 32.4 Å². The van der Waals surface area contributed by atoms with Gasteiger partial charge in [-0.05, 0) is 6.04 Å². The number of rotatable bonds is 5. The fraction of sp³-hybridized carbons (Fsp3) is 0.538. The zero-order valence-electron chi connectivity index (χ0n) is 12.8. The van der Waals surface area contributed by atoms with Crippen molar-refractivity contribution in [3.05, 3.63) is 22.4 Å². The Balaban J connectivity index is 2.26. The molecule has 0 saturated carbocycles. The summed E-state index contributed by atoms with van der Waals surface area (Å²) < 4.78 is 8.40. The smallest absolute Gasteiger partial charge is 0.279 e. The summed E-state index contributed by atoms with van der Waals surface area (Å²) in [5.74, 6) is 0. The number of aromatic nitrogens is 4. The van der Waals surface area contributed by atoms with E-state index >= 15 is 0 Å². The molecule has 2 aromatic heterocycles. The minimum absolute atomic E-state index is 0.150. The molecule has 0 aliphatic rings. The van der Waals surface area contributed by atoms with Crippen LogP contribution in [0.2, 0.25) is 25.7 Å². The molecule has 0 aromatic carbocycles. The number of nitrogens with zero attached hydrogens (tertiary/aromatic N) is 5. The summed E-state index contributed by atoms with van der Waals surface area (Å²) in [6.07, 6.45) is 1.39. The Kier molecular flexibility index (Phi) is 4.25. The highest BCUT2D eigenvalue weighted by atomic mass is 28.3. The number of hydrogen-bond donors (Lipinski definition) is 0. The van der Waals surface area contributed by atoms with E-state index in [1.807, 2.05) is 6.07 Å². The van der Waals surface area contributed by atoms with Gasteiger partial charge in [0.1, 0.15) is 18.3 Å². The second kappa shape index (κ2) is 5.79. The summed E-state index contributed by atoms with van der Waals surface area (Å²) >= 11 is 0. The van der Waals surface area contributed by atoms with Gasteiger partial charge in [0.2, 0.25) is 0 Å². The summed E-state index contributed by atoms with van der Waals surface area (Å²) in [6, 6.07) is 3.00. The van der Waals surface area contributed by atoms with Gasteiger partial charge < -0.3 is 9.30 Å². The van der Waals surface area contributed by atoms with Gasteiger partial charge in [0.15, 0.2) is 11.2 Å². The molecule has 21 heavy (non-hydrogen) atoms. The highest BCUT2D eigenvalue weighted by Gasteiger charge is 2.16. The molecular weight excluding hydrogens is 286 g/mol. The van der Waals surface area contributed by atoms with Gasteiger partial charge in [-0.3, -0.25) is 4.79 Å². The number of ether oxygens (including phenoxy) is 1. The molecule has 0 aliphatic carbocycles. The molecule has 0 saturated heterocycles. The lowest BCUT2D eigenvalue weighted by Gasteiger charge is -2.15. The monoisotopic (exact) mass is 305 g/mol. The van der Waals surface area contributed by atoms with Gasteiger partial charge in [0.05, 0.1) is 6.33 Å². The van der Waals surface area contributed by atoms with E-state index in [1.54, 1.807) is 7.05 Å². The summed E-state index contributed by atoms with van der Waals surface area (Å²) in [5.41, 5.74) is 0.554. The van der Waals surface area contributed by atoms with Crippen LogP contribution in [0, 0.1) is 11.3 Å². The fourth-order valence-electron chi connectivity index (χ4n) is 1.85. The highest BCUT2D eigenvalue weighted by Crippen LogP contribution is 2.12. The minimum Gasteiger partial charge on any atom is -0.360 e. The Hall–Kier alpha value is -1.98. The molecule has 0 bridgehead atoms. The summed E-state index contributed by atoms with van der Waals surface area (Å²) in [4.78, 5) is 16.3. The van der Waals surface area contributed by atoms with Crippen LogP contribution < -0.4 is 5.56 Å². The maximum atomic E-state index is 12.2. The first kappa shape index (κ1) is 15.4. The van der Waals surface area contributed by atoms with Gasteiger partial charge >= 0.3 is 0 Å². The molecule has 0 fully saturated rings. The van der Waals surface area contributed by atoms with Gasteiger partial charge in [-0.15, -0.1) is 0 Å². The minimum atomic E-state index is -1.16. The third kappa shape index (κ3) is 3.37. The third-order valence-corrected chi connectivity index (χ3v) is 4.83. The molecule has 0 amide bonds. The number of hydrogen-bond acceptors (Lipinski definition) is 5. The molecular formula is C13H19N5O2Si. The van der Waals surface area contributed by atoms with E-state index in [2.05, 4.69) is 29.7 Å². The van der Waals surface area contributed by atoms with Crippen molar-refractivity contribution in [2.24, 2.45) is 7.05 Å². The van der Waals surface area contributed by atoms with Crippen molar-refractivity contribution >= 4 is 19.1 Å². The van der Waals surface area contributed by atoms with Crippen LogP contribution >= 0.6 is 0 Å². The van der Waals surface area contributed by atoms with Crippen LogP contribution in [0.15, 0.2) is 11.1 Å². The quantitative estimate of drug-likeness (QED) is 0.614. The lowest BCUT2D eigenvalue weighted by atomic mass is 10.3. The van der Waals surface area contributed by atoms with Crippen molar-refractivity contribution in [2.75, 3.05) is 6.61 Å². The van der Waals surface area contributed by atoms with Gasteiger partial charge in [-0.2, -0.15) is 10.4 Å². The van der Waals surface area contributed by atoms with Crippen molar-refractivity contribution in [1.82, 2.24) is 19.3 Å². The molecule has 2 heterocycles. The Morgan fingerprint density at radius 1 is 1.43 bits per heavy atom. The maximum Gasteiger partial charge on any atom is 0.279 e. The average molecular weight is 305 g/mol. The first-order valence-electron chi connectivity index (χ1n) is 6.73. The zero-order valence-corrected chi connectivity index (χ0v) is 13.8. The predicted octanol–water partition coefficient (Wildman–Crippen LogP) is 1.31. The number of nitriles is 1. The Morgan fingerprint density at radius 3 is 2.76 bits per heavy atom. The first-order valence-corrected chi connectivity index (χ1v) is 10.4. The maximum absolute atomic E-state index is 12.2. The number of aryl methyl sites for hydroxylation is 1. The second-order valence-corrected chi connectivity index (χ2v) is 11.8. The van der Waals surface area contributed by atoms with E-state index in [1.165, 1.54) is 15.6 Å². The fourth-order valence-corrected chi connectivity index (χ4v) is 2.61. The molecule has 0 aliphatic heterocycles. The van der Waals surface area contributed by atoms with E-state index < -0.39 is 8.07 Å². The Morgan fingerprint density at radius 2 is 2.14 bits per heavy atom. The van der Waals surface area contributed by atoms with E-state index in [0.29, 0.717) is 17.6 Å². The van der Waals surface area contributed by atoms with Crippen LogP contribution in [0.4, 0.5) is 0 Å². The first-order chi connectivity index (χ1) is 9.83. The normalized spacial score (nSPS) is 11.8. The predicted molar refractivity (Wildman–Crippen MR) is 81.6 cm³/mol. The van der Waals surface area contributed by atoms with E-state index in [0.717, 1.165) is 6.04 Å². The summed E-state index contributed by atoms with van der Waals surface area (Å²) in [7, 11) is 0.459. The van der Waals surface area contributed by atoms with Crippen molar-refractivity contribution < 1.29 is 4.74 Å². The van der Waals surface area contributed by atoms with E-state index in [-0.39, 0.29) is 18.0 Å². The molecule has 0 atom stereocenters. The van der Waals surface area contributed by atoms with Gasteiger partial charge in [-0.25, -0.2) is 9.67 Å². The van der Waals surface area contributed by atoms with Gasteiger partial charge in [0.25, 0.3) is 5.56 Å². The molecule has 0 unspecified atom stereocenters. The third-order valence-electron chi connectivity index (χ3n) is 3.13. The van der Waals surface area contributed by atoms with Gasteiger partial charge in [-0.1, -0.05) is 19.6 Å². The van der Waals surface area contributed by atoms with E-state index in [4.69, 9.17) is 10.00 Å². The molecule has 8 heteroatoms. The van der Waals surface area contributed by atoms with Crippen LogP contribution in [0.1, 0.15) is 5.69 Å². The Bertz CT molecular complexity index is 751. The van der Waals surface area contributed by atoms with Crippen molar-refractivity contribution in [1.29, 1.82) is 5.26 Å². The van der Waals surface area contributed by atoms with Crippen molar-refractivity contribution in [3.8, 4) is 6.07 Å². The molecule has 0 spiro atoms. The van der Waals surface area contributed by atoms with Crippen LogP contribution in [0.3, 0.4) is 0 Å². The van der Waals surface area contributed by atoms with Gasteiger partial charge in [0, 0.05) is 21.7 Å². The molecule has 2 aromatic rings. The zero-order chi connectivity index (χ0) is 15.6. The van der Waals surface area contributed by atoms with E-state index in [9.17, 15) is 4.79 Å². The Labute approximate surface area is 123 Å². The summed E-state index contributed by atoms with van der Waals surface area (Å²) in [6.45, 7) is 7.59. The van der Waals surface area contributed by atoms with Crippen LogP contribution in [-0.2, 0) is 18.5 Å². The molecule has 7 nitrogen and oxygen atoms in total. The lowest BCUT2D eigenvalue weighted by Crippen LogP contribution is -2.23. The van der Waals surface area contributed by atoms with Crippen LogP contribution in [-0.4, -0.2) is 34.0 Å². The molecule has 0 radical (unpaired) electrons. The highest BCUT2D eigenvalue weighted by molar-refractivity contribution is 6.76. The van der Waals surface area contributed by atoms with Crippen LogP contribution in [0.25, 0.3) is 11.0 Å². The molecule has 2 rings (SSSR count). The lowest BCUT2D eigenvalue weighted by molar-refractivity contribution is 0.0814. The van der Waals surface area contributed by atoms with Crippen molar-refractivity contribution in [3.63, 3.8) is 0 Å². The standard InChI is InChI=1S/C13H19N5O2Si/c1-17-8-15-11-10(7-14)16-18(12(11)13(17)19)9-20-5-6-21(2,3)4/h8H,5-6,9H2,1-4H3. The SMILES string of the molecule is Cn1cnc2c(C#N)nn(COCC[Si](C)(C)C)c2c1=O. The second-order valence-electron chi connectivity index (χ2n) is 6.17. The number of fused-ring (bicyclic) bond motifs is 1. The average Bonchev–Trinajstić information content (AvgIpc) is 2.76.